The van der Waals surface area contributed by atoms with Crippen LogP contribution in [-0.4, -0.2) is 48.3 Å². The summed E-state index contributed by atoms with van der Waals surface area (Å²) in [5.41, 5.74) is 3.43. The van der Waals surface area contributed by atoms with Gasteiger partial charge in [-0.05, 0) is 64.0 Å². The number of hydrogen-bond donors (Lipinski definition) is 2. The summed E-state index contributed by atoms with van der Waals surface area (Å²) in [5, 5.41) is 5.90. The van der Waals surface area contributed by atoms with Gasteiger partial charge >= 0.3 is 0 Å². The van der Waals surface area contributed by atoms with Crippen molar-refractivity contribution in [3.8, 4) is 0 Å². The minimum absolute atomic E-state index is 0.214. The molecule has 148 valence electrons. The van der Waals surface area contributed by atoms with Gasteiger partial charge < -0.3 is 15.5 Å². The van der Waals surface area contributed by atoms with E-state index in [0.717, 1.165) is 30.6 Å². The van der Waals surface area contributed by atoms with Crippen LogP contribution in [-0.2, 0) is 11.2 Å². The molecule has 1 aliphatic heterocycles. The Morgan fingerprint density at radius 1 is 1.32 bits per heavy atom. The zero-order chi connectivity index (χ0) is 20.1. The van der Waals surface area contributed by atoms with E-state index >= 15 is 0 Å². The molecule has 0 unspecified atom stereocenters. The van der Waals surface area contributed by atoms with Crippen molar-refractivity contribution in [3.63, 3.8) is 0 Å². The van der Waals surface area contributed by atoms with E-state index in [1.165, 1.54) is 12.4 Å². The van der Waals surface area contributed by atoms with E-state index in [1.807, 2.05) is 18.9 Å². The van der Waals surface area contributed by atoms with Crippen molar-refractivity contribution in [2.75, 3.05) is 31.6 Å². The summed E-state index contributed by atoms with van der Waals surface area (Å²) in [7, 11) is 1.87. The molecule has 8 heteroatoms. The zero-order valence-corrected chi connectivity index (χ0v) is 16.4. The minimum Gasteiger partial charge on any atom is -0.351 e. The second kappa shape index (κ2) is 8.88. The number of nitrogens with zero attached hydrogens (tertiary/aromatic N) is 4. The van der Waals surface area contributed by atoms with Gasteiger partial charge in [0, 0.05) is 18.8 Å². The zero-order valence-electron chi connectivity index (χ0n) is 16.4. The van der Waals surface area contributed by atoms with Gasteiger partial charge in [0.2, 0.25) is 0 Å². The topological polar surface area (TPSA) is 82.5 Å². The highest BCUT2D eigenvalue weighted by atomic mass is 19.1. The molecular weight excluding hydrogens is 359 g/mol. The van der Waals surface area contributed by atoms with Crippen LogP contribution in [0.25, 0.3) is 0 Å². The number of halogens is 1. The molecule has 0 saturated heterocycles. The van der Waals surface area contributed by atoms with Crippen LogP contribution in [0.4, 0.5) is 21.6 Å². The smallest absolute Gasteiger partial charge is 0.265 e. The maximum absolute atomic E-state index is 13.5. The molecule has 3 rings (SSSR count). The molecule has 1 amide bonds. The van der Waals surface area contributed by atoms with Crippen molar-refractivity contribution in [2.24, 2.45) is 4.99 Å². The van der Waals surface area contributed by atoms with Gasteiger partial charge in [-0.2, -0.15) is 0 Å². The lowest BCUT2D eigenvalue weighted by molar-refractivity contribution is -0.114. The van der Waals surface area contributed by atoms with Crippen molar-refractivity contribution >= 4 is 28.8 Å². The van der Waals surface area contributed by atoms with Crippen LogP contribution < -0.4 is 15.5 Å². The number of anilines is 2. The standard InChI is InChI=1S/C20H25FN6O/c1-13-18(26-14(2)20(28)23-9-4-8-22-3)19(25-12-24-13)27-10-7-15-11-16(21)5-6-17(15)27/h5-6,11-12,22H,4,7-10H2,1-3H3,(H,23,28). The van der Waals surface area contributed by atoms with Gasteiger partial charge in [0.05, 0.1) is 5.69 Å². The van der Waals surface area contributed by atoms with Crippen molar-refractivity contribution in [1.82, 2.24) is 20.6 Å². The molecule has 2 heterocycles. The van der Waals surface area contributed by atoms with Crippen LogP contribution in [0.1, 0.15) is 24.6 Å². The Morgan fingerprint density at radius 2 is 2.14 bits per heavy atom. The van der Waals surface area contributed by atoms with Crippen molar-refractivity contribution in [1.29, 1.82) is 0 Å². The number of aliphatic imine (C=N–C) groups is 1. The molecule has 0 radical (unpaired) electrons. The fraction of sp³-hybridized carbons (Fsp3) is 0.400. The summed E-state index contributed by atoms with van der Waals surface area (Å²) >= 11 is 0. The van der Waals surface area contributed by atoms with E-state index < -0.39 is 0 Å². The van der Waals surface area contributed by atoms with E-state index in [9.17, 15) is 9.18 Å². The Morgan fingerprint density at radius 3 is 2.93 bits per heavy atom. The lowest BCUT2D eigenvalue weighted by Gasteiger charge is -2.20. The molecular formula is C20H25FN6O. The van der Waals surface area contributed by atoms with E-state index in [4.69, 9.17) is 0 Å². The first kappa shape index (κ1) is 19.9. The highest BCUT2D eigenvalue weighted by molar-refractivity contribution is 6.38. The fourth-order valence-electron chi connectivity index (χ4n) is 3.19. The number of hydrogen-bond acceptors (Lipinski definition) is 6. The molecule has 1 aromatic heterocycles. The fourth-order valence-corrected chi connectivity index (χ4v) is 3.19. The number of carbonyl (C=O) groups is 1. The maximum Gasteiger partial charge on any atom is 0.265 e. The molecule has 0 bridgehead atoms. The molecule has 1 aliphatic rings. The van der Waals surface area contributed by atoms with Gasteiger partial charge in [-0.15, -0.1) is 0 Å². The first-order valence-electron chi connectivity index (χ1n) is 9.37. The number of fused-ring (bicyclic) bond motifs is 1. The van der Waals surface area contributed by atoms with Crippen LogP contribution in [0.3, 0.4) is 0 Å². The van der Waals surface area contributed by atoms with Gasteiger partial charge in [-0.25, -0.2) is 19.4 Å². The molecule has 2 aromatic rings. The molecule has 28 heavy (non-hydrogen) atoms. The van der Waals surface area contributed by atoms with Crippen molar-refractivity contribution < 1.29 is 9.18 Å². The van der Waals surface area contributed by atoms with Gasteiger partial charge in [0.25, 0.3) is 5.91 Å². The van der Waals surface area contributed by atoms with E-state index in [2.05, 4.69) is 25.6 Å². The molecule has 0 aliphatic carbocycles. The molecule has 0 saturated carbocycles. The highest BCUT2D eigenvalue weighted by Gasteiger charge is 2.25. The van der Waals surface area contributed by atoms with Gasteiger partial charge in [-0.1, -0.05) is 0 Å². The number of aryl methyl sites for hydroxylation is 1. The Labute approximate surface area is 164 Å². The Hall–Kier alpha value is -2.87. The quantitative estimate of drug-likeness (QED) is 0.566. The highest BCUT2D eigenvalue weighted by Crippen LogP contribution is 2.39. The number of rotatable bonds is 7. The normalized spacial score (nSPS) is 13.6. The van der Waals surface area contributed by atoms with Gasteiger partial charge in [0.1, 0.15) is 23.5 Å². The number of benzene rings is 1. The lowest BCUT2D eigenvalue weighted by atomic mass is 10.1. The second-order valence-corrected chi connectivity index (χ2v) is 6.72. The Kier molecular flexibility index (Phi) is 6.30. The number of amides is 1. The third-order valence-electron chi connectivity index (χ3n) is 4.68. The summed E-state index contributed by atoms with van der Waals surface area (Å²) < 4.78 is 13.5. The average Bonchev–Trinajstić information content (AvgIpc) is 3.09. The Bertz CT molecular complexity index is 898. The summed E-state index contributed by atoms with van der Waals surface area (Å²) in [4.78, 5) is 27.5. The third kappa shape index (κ3) is 4.33. The first-order chi connectivity index (χ1) is 13.5. The summed E-state index contributed by atoms with van der Waals surface area (Å²) in [6, 6.07) is 4.75. The van der Waals surface area contributed by atoms with Crippen molar-refractivity contribution in [2.45, 2.75) is 26.7 Å². The van der Waals surface area contributed by atoms with Crippen LogP contribution in [0.2, 0.25) is 0 Å². The summed E-state index contributed by atoms with van der Waals surface area (Å²) in [6.07, 6.45) is 3.05. The largest absolute Gasteiger partial charge is 0.351 e. The summed E-state index contributed by atoms with van der Waals surface area (Å²) in [6.45, 7) is 5.60. The Balaban J connectivity index is 1.87. The molecule has 0 atom stereocenters. The van der Waals surface area contributed by atoms with Gasteiger partial charge in [0.15, 0.2) is 5.82 Å². The summed E-state index contributed by atoms with van der Waals surface area (Å²) in [5.74, 6) is 0.165. The van der Waals surface area contributed by atoms with E-state index in [0.29, 0.717) is 36.0 Å². The molecule has 7 nitrogen and oxygen atoms in total. The predicted molar refractivity (Wildman–Crippen MR) is 108 cm³/mol. The van der Waals surface area contributed by atoms with Crippen LogP contribution >= 0.6 is 0 Å². The molecule has 2 N–H and O–H groups in total. The number of carbonyl (C=O) groups excluding carboxylic acids is 1. The first-order valence-corrected chi connectivity index (χ1v) is 9.37. The molecule has 0 spiro atoms. The number of nitrogens with one attached hydrogen (secondary N) is 2. The monoisotopic (exact) mass is 384 g/mol. The minimum atomic E-state index is -0.247. The average molecular weight is 384 g/mol. The maximum atomic E-state index is 13.5. The van der Waals surface area contributed by atoms with E-state index in [-0.39, 0.29) is 11.7 Å². The number of aromatic nitrogens is 2. The molecule has 1 aromatic carbocycles. The lowest BCUT2D eigenvalue weighted by Crippen LogP contribution is -2.31. The predicted octanol–water partition coefficient (Wildman–Crippen LogP) is 2.44. The van der Waals surface area contributed by atoms with Crippen molar-refractivity contribution in [3.05, 3.63) is 41.6 Å². The van der Waals surface area contributed by atoms with Crippen LogP contribution in [0.15, 0.2) is 29.5 Å². The van der Waals surface area contributed by atoms with E-state index in [1.54, 1.807) is 19.1 Å². The third-order valence-corrected chi connectivity index (χ3v) is 4.68. The van der Waals surface area contributed by atoms with Crippen LogP contribution in [0.5, 0.6) is 0 Å². The second-order valence-electron chi connectivity index (χ2n) is 6.72. The SMILES string of the molecule is CNCCCNC(=O)C(C)=Nc1c(C)ncnc1N1CCc2cc(F)ccc21. The van der Waals surface area contributed by atoms with Gasteiger partial charge in [-0.3, -0.25) is 4.79 Å². The van der Waals surface area contributed by atoms with Crippen LogP contribution in [0, 0.1) is 12.7 Å². The molecule has 0 fully saturated rings.